The van der Waals surface area contributed by atoms with Crippen LogP contribution >= 0.6 is 0 Å². The lowest BCUT2D eigenvalue weighted by atomic mass is 10.1. The highest BCUT2D eigenvalue weighted by Gasteiger charge is 2.16. The van der Waals surface area contributed by atoms with E-state index < -0.39 is 4.92 Å². The molecule has 0 aliphatic heterocycles. The van der Waals surface area contributed by atoms with Crippen LogP contribution in [0.25, 0.3) is 11.1 Å². The van der Waals surface area contributed by atoms with Gasteiger partial charge in [-0.15, -0.1) is 0 Å². The molecular formula is C11H11N3O3. The van der Waals surface area contributed by atoms with Crippen LogP contribution in [0.4, 0.5) is 5.69 Å². The van der Waals surface area contributed by atoms with Crippen molar-refractivity contribution in [1.29, 1.82) is 0 Å². The number of aryl methyl sites for hydroxylation is 1. The second-order valence-corrected chi connectivity index (χ2v) is 3.55. The van der Waals surface area contributed by atoms with E-state index in [-0.39, 0.29) is 11.4 Å². The van der Waals surface area contributed by atoms with Crippen LogP contribution in [0.5, 0.6) is 5.75 Å². The average molecular weight is 233 g/mol. The third-order valence-corrected chi connectivity index (χ3v) is 2.41. The molecule has 2 rings (SSSR count). The number of benzene rings is 1. The largest absolute Gasteiger partial charge is 0.490 e. The molecule has 0 spiro atoms. The van der Waals surface area contributed by atoms with Gasteiger partial charge in [0.15, 0.2) is 5.75 Å². The van der Waals surface area contributed by atoms with Crippen molar-refractivity contribution >= 4 is 5.69 Å². The summed E-state index contributed by atoms with van der Waals surface area (Å²) in [5.74, 6) is 0.252. The van der Waals surface area contributed by atoms with E-state index in [0.29, 0.717) is 0 Å². The van der Waals surface area contributed by atoms with Gasteiger partial charge in [0.1, 0.15) is 0 Å². The van der Waals surface area contributed by atoms with Crippen molar-refractivity contribution in [3.8, 4) is 16.9 Å². The van der Waals surface area contributed by atoms with Crippen molar-refractivity contribution < 1.29 is 9.66 Å². The average Bonchev–Trinajstić information content (AvgIpc) is 2.75. The maximum Gasteiger partial charge on any atom is 0.311 e. The number of hydrogen-bond donors (Lipinski definition) is 0. The highest BCUT2D eigenvalue weighted by molar-refractivity contribution is 5.67. The van der Waals surface area contributed by atoms with E-state index in [1.54, 1.807) is 36.3 Å². The zero-order chi connectivity index (χ0) is 12.4. The van der Waals surface area contributed by atoms with Gasteiger partial charge in [-0.25, -0.2) is 0 Å². The van der Waals surface area contributed by atoms with Gasteiger partial charge in [-0.2, -0.15) is 5.10 Å². The van der Waals surface area contributed by atoms with Crippen LogP contribution in [0.15, 0.2) is 30.6 Å². The normalized spacial score (nSPS) is 10.2. The molecule has 0 atom stereocenters. The Morgan fingerprint density at radius 2 is 2.18 bits per heavy atom. The molecule has 0 radical (unpaired) electrons. The first-order valence-corrected chi connectivity index (χ1v) is 4.93. The lowest BCUT2D eigenvalue weighted by Crippen LogP contribution is -1.93. The van der Waals surface area contributed by atoms with Crippen LogP contribution in [0.2, 0.25) is 0 Å². The second kappa shape index (κ2) is 4.25. The summed E-state index contributed by atoms with van der Waals surface area (Å²) in [6, 6.07) is 4.83. The number of rotatable bonds is 3. The van der Waals surface area contributed by atoms with Crippen LogP contribution in [-0.4, -0.2) is 21.8 Å². The Balaban J connectivity index is 2.50. The standard InChI is InChI=1S/C11H11N3O3/c1-13-7-9(6-12-13)8-3-4-11(17-2)10(5-8)14(15)16/h3-7H,1-2H3. The predicted molar refractivity (Wildman–Crippen MR) is 61.9 cm³/mol. The number of methoxy groups -OCH3 is 1. The minimum Gasteiger partial charge on any atom is -0.490 e. The molecule has 0 fully saturated rings. The summed E-state index contributed by atoms with van der Waals surface area (Å²) in [5.41, 5.74) is 1.53. The maximum absolute atomic E-state index is 10.9. The second-order valence-electron chi connectivity index (χ2n) is 3.55. The zero-order valence-electron chi connectivity index (χ0n) is 9.45. The van der Waals surface area contributed by atoms with Crippen molar-refractivity contribution in [2.45, 2.75) is 0 Å². The predicted octanol–water partition coefficient (Wildman–Crippen LogP) is 2.00. The molecule has 0 aliphatic rings. The minimum absolute atomic E-state index is 0.0474. The fourth-order valence-electron chi connectivity index (χ4n) is 1.58. The van der Waals surface area contributed by atoms with E-state index in [9.17, 15) is 10.1 Å². The van der Waals surface area contributed by atoms with Crippen molar-refractivity contribution in [2.24, 2.45) is 7.05 Å². The first-order valence-electron chi connectivity index (χ1n) is 4.93. The molecule has 1 heterocycles. The van der Waals surface area contributed by atoms with Crippen LogP contribution < -0.4 is 4.74 Å². The fourth-order valence-corrected chi connectivity index (χ4v) is 1.58. The van der Waals surface area contributed by atoms with Crippen molar-refractivity contribution in [1.82, 2.24) is 9.78 Å². The van der Waals surface area contributed by atoms with Gasteiger partial charge < -0.3 is 4.74 Å². The van der Waals surface area contributed by atoms with Crippen molar-refractivity contribution in [2.75, 3.05) is 7.11 Å². The summed E-state index contributed by atoms with van der Waals surface area (Å²) in [7, 11) is 3.20. The Hall–Kier alpha value is -2.37. The summed E-state index contributed by atoms with van der Waals surface area (Å²) in [5, 5.41) is 14.9. The smallest absolute Gasteiger partial charge is 0.311 e. The number of nitrogens with zero attached hydrogens (tertiary/aromatic N) is 3. The third kappa shape index (κ3) is 2.10. The molecule has 6 heteroatoms. The molecule has 17 heavy (non-hydrogen) atoms. The molecular weight excluding hydrogens is 222 g/mol. The number of hydrogen-bond acceptors (Lipinski definition) is 4. The Morgan fingerprint density at radius 3 is 2.71 bits per heavy atom. The minimum atomic E-state index is -0.460. The van der Waals surface area contributed by atoms with E-state index >= 15 is 0 Å². The molecule has 0 N–H and O–H groups in total. The zero-order valence-corrected chi connectivity index (χ0v) is 9.45. The summed E-state index contributed by atoms with van der Waals surface area (Å²) in [6.45, 7) is 0. The highest BCUT2D eigenvalue weighted by atomic mass is 16.6. The quantitative estimate of drug-likeness (QED) is 0.600. The summed E-state index contributed by atoms with van der Waals surface area (Å²) in [6.07, 6.45) is 3.46. The van der Waals surface area contributed by atoms with E-state index in [1.807, 2.05) is 0 Å². The molecule has 0 unspecified atom stereocenters. The third-order valence-electron chi connectivity index (χ3n) is 2.41. The van der Waals surface area contributed by atoms with Crippen LogP contribution in [0.1, 0.15) is 0 Å². The van der Waals surface area contributed by atoms with Crippen LogP contribution in [-0.2, 0) is 7.05 Å². The monoisotopic (exact) mass is 233 g/mol. The van der Waals surface area contributed by atoms with Gasteiger partial charge in [-0.05, 0) is 11.6 Å². The number of aromatic nitrogens is 2. The summed E-state index contributed by atoms with van der Waals surface area (Å²) in [4.78, 5) is 10.4. The molecule has 0 aliphatic carbocycles. The summed E-state index contributed by atoms with van der Waals surface area (Å²) < 4.78 is 6.58. The van der Waals surface area contributed by atoms with Crippen LogP contribution in [0, 0.1) is 10.1 Å². The first kappa shape index (κ1) is 11.1. The maximum atomic E-state index is 10.9. The van der Waals surface area contributed by atoms with E-state index in [2.05, 4.69) is 5.10 Å². The van der Waals surface area contributed by atoms with Crippen molar-refractivity contribution in [3.05, 3.63) is 40.7 Å². The molecule has 0 saturated heterocycles. The van der Waals surface area contributed by atoms with E-state index in [0.717, 1.165) is 11.1 Å². The van der Waals surface area contributed by atoms with Gasteiger partial charge in [0, 0.05) is 24.9 Å². The van der Waals surface area contributed by atoms with E-state index in [4.69, 9.17) is 4.74 Å². The molecule has 6 nitrogen and oxygen atoms in total. The van der Waals surface area contributed by atoms with Gasteiger partial charge in [-0.3, -0.25) is 14.8 Å². The lowest BCUT2D eigenvalue weighted by Gasteiger charge is -2.03. The van der Waals surface area contributed by atoms with Gasteiger partial charge in [0.25, 0.3) is 0 Å². The number of ether oxygens (including phenoxy) is 1. The Morgan fingerprint density at radius 1 is 1.41 bits per heavy atom. The lowest BCUT2D eigenvalue weighted by molar-refractivity contribution is -0.385. The molecule has 1 aromatic carbocycles. The molecule has 1 aromatic heterocycles. The van der Waals surface area contributed by atoms with Crippen LogP contribution in [0.3, 0.4) is 0 Å². The Bertz CT molecular complexity index is 563. The fraction of sp³-hybridized carbons (Fsp3) is 0.182. The number of nitro groups is 1. The van der Waals surface area contributed by atoms with Gasteiger partial charge >= 0.3 is 5.69 Å². The van der Waals surface area contributed by atoms with Gasteiger partial charge in [0.2, 0.25) is 0 Å². The SMILES string of the molecule is COc1ccc(-c2cnn(C)c2)cc1[N+](=O)[O-]. The summed E-state index contributed by atoms with van der Waals surface area (Å²) >= 11 is 0. The van der Waals surface area contributed by atoms with Gasteiger partial charge in [-0.1, -0.05) is 6.07 Å². The first-order chi connectivity index (χ1) is 8.11. The molecule has 2 aromatic rings. The Kier molecular flexibility index (Phi) is 2.78. The highest BCUT2D eigenvalue weighted by Crippen LogP contribution is 2.31. The molecule has 0 saturated carbocycles. The molecule has 0 amide bonds. The molecule has 88 valence electrons. The Labute approximate surface area is 97.6 Å². The molecule has 0 bridgehead atoms. The topological polar surface area (TPSA) is 70.2 Å². The van der Waals surface area contributed by atoms with Gasteiger partial charge in [0.05, 0.1) is 18.2 Å². The van der Waals surface area contributed by atoms with Crippen molar-refractivity contribution in [3.63, 3.8) is 0 Å². The number of nitro benzene ring substituents is 1. The van der Waals surface area contributed by atoms with E-state index in [1.165, 1.54) is 13.2 Å².